The summed E-state index contributed by atoms with van der Waals surface area (Å²) in [5.41, 5.74) is 3.23. The number of carbonyl (C=O) groups is 1. The fourth-order valence-electron chi connectivity index (χ4n) is 3.29. The lowest BCUT2D eigenvalue weighted by atomic mass is 9.92. The number of carbonyl (C=O) groups excluding carboxylic acids is 1. The van der Waals surface area contributed by atoms with Gasteiger partial charge < -0.3 is 9.47 Å². The van der Waals surface area contributed by atoms with Crippen LogP contribution in [0.4, 0.5) is 0 Å². The SMILES string of the molecule is CC(=O)N1CCCC(Cc2ccc(-c3cnc(C)n3C)nc2)C1. The largest absolute Gasteiger partial charge is 0.343 e. The van der Waals surface area contributed by atoms with E-state index in [1.54, 1.807) is 6.92 Å². The molecule has 0 aliphatic carbocycles. The maximum atomic E-state index is 11.5. The third-order valence-corrected chi connectivity index (χ3v) is 4.80. The van der Waals surface area contributed by atoms with Crippen LogP contribution in [-0.2, 0) is 18.3 Å². The van der Waals surface area contributed by atoms with Crippen molar-refractivity contribution >= 4 is 5.91 Å². The van der Waals surface area contributed by atoms with Crippen LogP contribution in [0.3, 0.4) is 0 Å². The highest BCUT2D eigenvalue weighted by molar-refractivity contribution is 5.73. The van der Waals surface area contributed by atoms with E-state index in [4.69, 9.17) is 0 Å². The summed E-state index contributed by atoms with van der Waals surface area (Å²) in [4.78, 5) is 22.4. The van der Waals surface area contributed by atoms with E-state index in [2.05, 4.69) is 22.1 Å². The summed E-state index contributed by atoms with van der Waals surface area (Å²) in [6, 6.07) is 4.22. The van der Waals surface area contributed by atoms with Gasteiger partial charge >= 0.3 is 0 Å². The quantitative estimate of drug-likeness (QED) is 0.875. The van der Waals surface area contributed by atoms with Crippen LogP contribution in [-0.4, -0.2) is 38.4 Å². The molecule has 1 amide bonds. The first-order valence-electron chi connectivity index (χ1n) is 8.23. The third-order valence-electron chi connectivity index (χ3n) is 4.80. The number of hydrogen-bond donors (Lipinski definition) is 0. The zero-order valence-electron chi connectivity index (χ0n) is 14.1. The lowest BCUT2D eigenvalue weighted by Gasteiger charge is -2.32. The molecule has 0 N–H and O–H groups in total. The Kier molecular flexibility index (Phi) is 4.46. The van der Waals surface area contributed by atoms with Crippen molar-refractivity contribution in [2.75, 3.05) is 13.1 Å². The highest BCUT2D eigenvalue weighted by atomic mass is 16.2. The van der Waals surface area contributed by atoms with E-state index in [0.717, 1.165) is 43.1 Å². The van der Waals surface area contributed by atoms with E-state index >= 15 is 0 Å². The lowest BCUT2D eigenvalue weighted by molar-refractivity contribution is -0.130. The molecule has 1 unspecified atom stereocenters. The van der Waals surface area contributed by atoms with Crippen LogP contribution >= 0.6 is 0 Å². The Morgan fingerprint density at radius 2 is 2.13 bits per heavy atom. The number of nitrogens with zero attached hydrogens (tertiary/aromatic N) is 4. The van der Waals surface area contributed by atoms with Gasteiger partial charge in [0.1, 0.15) is 5.82 Å². The summed E-state index contributed by atoms with van der Waals surface area (Å²) in [5, 5.41) is 0. The molecular formula is C18H24N4O. The Morgan fingerprint density at radius 3 is 2.74 bits per heavy atom. The molecular weight excluding hydrogens is 288 g/mol. The summed E-state index contributed by atoms with van der Waals surface area (Å²) in [6.45, 7) is 5.43. The molecule has 1 saturated heterocycles. The Balaban J connectivity index is 1.68. The third kappa shape index (κ3) is 3.44. The Labute approximate surface area is 137 Å². The van der Waals surface area contributed by atoms with Gasteiger partial charge in [-0.25, -0.2) is 4.98 Å². The zero-order valence-corrected chi connectivity index (χ0v) is 14.1. The highest BCUT2D eigenvalue weighted by Gasteiger charge is 2.21. The predicted molar refractivity (Wildman–Crippen MR) is 89.9 cm³/mol. The fraction of sp³-hybridized carbons (Fsp3) is 0.500. The molecule has 0 radical (unpaired) electrons. The second-order valence-electron chi connectivity index (χ2n) is 6.48. The minimum Gasteiger partial charge on any atom is -0.343 e. The van der Waals surface area contributed by atoms with E-state index in [1.807, 2.05) is 35.8 Å². The summed E-state index contributed by atoms with van der Waals surface area (Å²) < 4.78 is 2.05. The molecule has 3 heterocycles. The number of hydrogen-bond acceptors (Lipinski definition) is 3. The van der Waals surface area contributed by atoms with Gasteiger partial charge in [0.15, 0.2) is 0 Å². The maximum absolute atomic E-state index is 11.5. The van der Waals surface area contributed by atoms with Gasteiger partial charge in [-0.3, -0.25) is 9.78 Å². The topological polar surface area (TPSA) is 51.0 Å². The highest BCUT2D eigenvalue weighted by Crippen LogP contribution is 2.22. The number of amides is 1. The van der Waals surface area contributed by atoms with Gasteiger partial charge in [0.2, 0.25) is 5.91 Å². The molecule has 5 nitrogen and oxygen atoms in total. The number of aromatic nitrogens is 3. The van der Waals surface area contributed by atoms with Gasteiger partial charge in [0.25, 0.3) is 0 Å². The summed E-state index contributed by atoms with van der Waals surface area (Å²) in [7, 11) is 2.01. The van der Waals surface area contributed by atoms with Crippen LogP contribution < -0.4 is 0 Å². The average molecular weight is 312 g/mol. The minimum atomic E-state index is 0.190. The molecule has 1 atom stereocenters. The van der Waals surface area contributed by atoms with Crippen LogP contribution in [0.2, 0.25) is 0 Å². The summed E-state index contributed by atoms with van der Waals surface area (Å²) in [5.74, 6) is 1.71. The molecule has 5 heteroatoms. The van der Waals surface area contributed by atoms with Gasteiger partial charge in [-0.15, -0.1) is 0 Å². The molecule has 0 spiro atoms. The first-order valence-corrected chi connectivity index (χ1v) is 8.23. The van der Waals surface area contributed by atoms with Crippen LogP contribution in [0, 0.1) is 12.8 Å². The zero-order chi connectivity index (χ0) is 16.4. The number of aryl methyl sites for hydroxylation is 1. The first kappa shape index (κ1) is 15.7. The molecule has 0 saturated carbocycles. The van der Waals surface area contributed by atoms with E-state index in [-0.39, 0.29) is 5.91 Å². The molecule has 3 rings (SSSR count). The number of rotatable bonds is 3. The van der Waals surface area contributed by atoms with Crippen molar-refractivity contribution in [1.29, 1.82) is 0 Å². The van der Waals surface area contributed by atoms with Crippen molar-refractivity contribution in [2.45, 2.75) is 33.1 Å². The lowest BCUT2D eigenvalue weighted by Crippen LogP contribution is -2.39. The van der Waals surface area contributed by atoms with E-state index < -0.39 is 0 Å². The molecule has 0 aromatic carbocycles. The van der Waals surface area contributed by atoms with E-state index in [1.165, 1.54) is 12.0 Å². The van der Waals surface area contributed by atoms with Gasteiger partial charge in [-0.2, -0.15) is 0 Å². The van der Waals surface area contributed by atoms with E-state index in [9.17, 15) is 4.79 Å². The van der Waals surface area contributed by atoms with Gasteiger partial charge in [0, 0.05) is 33.3 Å². The predicted octanol–water partition coefficient (Wildman–Crippen LogP) is 2.59. The molecule has 1 aliphatic rings. The average Bonchev–Trinajstić information content (AvgIpc) is 2.88. The van der Waals surface area contributed by atoms with Crippen LogP contribution in [0.25, 0.3) is 11.4 Å². The Bertz CT molecular complexity index is 690. The minimum absolute atomic E-state index is 0.190. The second-order valence-corrected chi connectivity index (χ2v) is 6.48. The van der Waals surface area contributed by atoms with Crippen LogP contribution in [0.15, 0.2) is 24.5 Å². The maximum Gasteiger partial charge on any atom is 0.219 e. The fourth-order valence-corrected chi connectivity index (χ4v) is 3.29. The van der Waals surface area contributed by atoms with Gasteiger partial charge in [-0.05, 0) is 43.7 Å². The molecule has 0 bridgehead atoms. The van der Waals surface area contributed by atoms with Crippen molar-refractivity contribution in [3.05, 3.63) is 35.9 Å². The van der Waals surface area contributed by atoms with Crippen molar-refractivity contribution in [1.82, 2.24) is 19.4 Å². The van der Waals surface area contributed by atoms with Gasteiger partial charge in [-0.1, -0.05) is 6.07 Å². The summed E-state index contributed by atoms with van der Waals surface area (Å²) in [6.07, 6.45) is 7.10. The molecule has 2 aromatic heterocycles. The van der Waals surface area contributed by atoms with Gasteiger partial charge in [0.05, 0.1) is 17.6 Å². The van der Waals surface area contributed by atoms with Crippen LogP contribution in [0.1, 0.15) is 31.2 Å². The molecule has 1 fully saturated rings. The van der Waals surface area contributed by atoms with E-state index in [0.29, 0.717) is 5.92 Å². The normalized spacial score (nSPS) is 18.2. The molecule has 1 aliphatic heterocycles. The number of imidazole rings is 1. The molecule has 2 aromatic rings. The number of piperidine rings is 1. The van der Waals surface area contributed by atoms with Crippen molar-refractivity contribution in [3.8, 4) is 11.4 Å². The standard InChI is InChI=1S/C18H24N4O/c1-13-19-11-18(21(13)3)17-7-6-15(10-20-17)9-16-5-4-8-22(12-16)14(2)23/h6-7,10-11,16H,4-5,8-9,12H2,1-3H3. The molecule has 122 valence electrons. The smallest absolute Gasteiger partial charge is 0.219 e. The number of likely N-dealkylation sites (tertiary alicyclic amines) is 1. The molecule has 23 heavy (non-hydrogen) atoms. The summed E-state index contributed by atoms with van der Waals surface area (Å²) >= 11 is 0. The van der Waals surface area contributed by atoms with Crippen molar-refractivity contribution in [3.63, 3.8) is 0 Å². The van der Waals surface area contributed by atoms with Crippen LogP contribution in [0.5, 0.6) is 0 Å². The number of pyridine rings is 1. The first-order chi connectivity index (χ1) is 11.0. The Hall–Kier alpha value is -2.17. The van der Waals surface area contributed by atoms with Crippen molar-refractivity contribution in [2.24, 2.45) is 13.0 Å². The van der Waals surface area contributed by atoms with Crippen molar-refractivity contribution < 1.29 is 4.79 Å². The Morgan fingerprint density at radius 1 is 1.30 bits per heavy atom. The monoisotopic (exact) mass is 312 g/mol. The second kappa shape index (κ2) is 6.52.